The van der Waals surface area contributed by atoms with E-state index in [0.717, 1.165) is 12.4 Å². The lowest BCUT2D eigenvalue weighted by atomic mass is 10.0. The molecule has 2 atom stereocenters. The van der Waals surface area contributed by atoms with E-state index in [4.69, 9.17) is 0 Å². The number of aliphatic hydroxyl groups is 1. The molecule has 3 aromatic heterocycles. The second kappa shape index (κ2) is 6.88. The van der Waals surface area contributed by atoms with Crippen molar-refractivity contribution in [2.75, 3.05) is 18.4 Å². The van der Waals surface area contributed by atoms with Crippen molar-refractivity contribution < 1.29 is 22.8 Å². The van der Waals surface area contributed by atoms with Gasteiger partial charge in [-0.3, -0.25) is 14.4 Å². The van der Waals surface area contributed by atoms with Gasteiger partial charge in [0.05, 0.1) is 36.2 Å². The van der Waals surface area contributed by atoms with Crippen molar-refractivity contribution in [2.24, 2.45) is 0 Å². The van der Waals surface area contributed by atoms with Crippen LogP contribution in [0.1, 0.15) is 19.0 Å². The van der Waals surface area contributed by atoms with Gasteiger partial charge in [-0.25, -0.2) is 9.97 Å². The highest BCUT2D eigenvalue weighted by atomic mass is 19.4. The predicted octanol–water partition coefficient (Wildman–Crippen LogP) is 2.33. The first-order valence-electron chi connectivity index (χ1n) is 8.77. The van der Waals surface area contributed by atoms with Crippen molar-refractivity contribution >= 4 is 11.5 Å². The van der Waals surface area contributed by atoms with Crippen LogP contribution in [0.4, 0.5) is 23.5 Å². The summed E-state index contributed by atoms with van der Waals surface area (Å²) in [6, 6.07) is -0.121. The third-order valence-electron chi connectivity index (χ3n) is 4.83. The number of halogens is 4. The number of alkyl halides is 3. The van der Waals surface area contributed by atoms with Crippen molar-refractivity contribution in [3.8, 4) is 11.4 Å². The summed E-state index contributed by atoms with van der Waals surface area (Å²) in [5.74, 6) is 0.411. The number of rotatable bonds is 4. The van der Waals surface area contributed by atoms with Crippen molar-refractivity contribution in [3.05, 3.63) is 36.7 Å². The van der Waals surface area contributed by atoms with Crippen molar-refractivity contribution in [1.82, 2.24) is 29.5 Å². The van der Waals surface area contributed by atoms with E-state index in [2.05, 4.69) is 25.3 Å². The maximum atomic E-state index is 13.2. The van der Waals surface area contributed by atoms with Gasteiger partial charge in [-0.2, -0.15) is 13.2 Å². The fraction of sp³-hybridized carbons (Fsp3) is 0.412. The lowest BCUT2D eigenvalue weighted by Gasteiger charge is -2.25. The third-order valence-corrected chi connectivity index (χ3v) is 4.83. The highest BCUT2D eigenvalue weighted by molar-refractivity contribution is 5.60. The molecule has 2 N–H and O–H groups in total. The number of hydrogen-bond donors (Lipinski definition) is 2. The third kappa shape index (κ3) is 3.60. The zero-order valence-corrected chi connectivity index (χ0v) is 15.2. The minimum atomic E-state index is -4.90. The van der Waals surface area contributed by atoms with Crippen LogP contribution < -0.4 is 5.32 Å². The van der Waals surface area contributed by atoms with Crippen LogP contribution in [0.5, 0.6) is 0 Å². The summed E-state index contributed by atoms with van der Waals surface area (Å²) in [6.07, 6.45) is 2.27. The van der Waals surface area contributed by atoms with Gasteiger partial charge in [0.25, 0.3) is 0 Å². The quantitative estimate of drug-likeness (QED) is 0.503. The molecule has 1 fully saturated rings. The van der Waals surface area contributed by atoms with E-state index < -0.39 is 17.5 Å². The lowest BCUT2D eigenvalue weighted by Crippen LogP contribution is -2.40. The van der Waals surface area contributed by atoms with Gasteiger partial charge >= 0.3 is 6.18 Å². The summed E-state index contributed by atoms with van der Waals surface area (Å²) in [7, 11) is 0. The van der Waals surface area contributed by atoms with Crippen LogP contribution in [0.2, 0.25) is 0 Å². The van der Waals surface area contributed by atoms with Gasteiger partial charge < -0.3 is 10.4 Å². The normalized spacial score (nSPS) is 20.1. The van der Waals surface area contributed by atoms with Crippen LogP contribution in [-0.4, -0.2) is 59.9 Å². The molecule has 1 aliphatic heterocycles. The Morgan fingerprint density at radius 3 is 2.66 bits per heavy atom. The van der Waals surface area contributed by atoms with Gasteiger partial charge in [-0.05, 0) is 13.3 Å². The van der Waals surface area contributed by atoms with Crippen LogP contribution in [-0.2, 0) is 5.60 Å². The van der Waals surface area contributed by atoms with Crippen LogP contribution >= 0.6 is 0 Å². The molecule has 0 aromatic carbocycles. The minimum Gasteiger partial charge on any atom is -0.375 e. The first-order chi connectivity index (χ1) is 13.6. The summed E-state index contributed by atoms with van der Waals surface area (Å²) in [4.78, 5) is 16.3. The Kier molecular flexibility index (Phi) is 4.62. The molecule has 0 radical (unpaired) electrons. The van der Waals surface area contributed by atoms with Crippen molar-refractivity contribution in [2.45, 2.75) is 31.2 Å². The van der Waals surface area contributed by atoms with E-state index in [0.29, 0.717) is 42.2 Å². The smallest absolute Gasteiger partial charge is 0.375 e. The molecular formula is C17H17F4N7O. The Labute approximate surface area is 162 Å². The molecule has 3 aromatic rings. The van der Waals surface area contributed by atoms with Crippen LogP contribution in [0, 0.1) is 0 Å². The number of nitrogens with zero attached hydrogens (tertiary/aromatic N) is 6. The molecule has 4 heterocycles. The molecule has 0 saturated carbocycles. The summed E-state index contributed by atoms with van der Waals surface area (Å²) in [6.45, 7) is 1.19. The first kappa shape index (κ1) is 19.5. The van der Waals surface area contributed by atoms with Gasteiger partial charge in [0.15, 0.2) is 5.65 Å². The number of anilines is 1. The molecule has 2 unspecified atom stereocenters. The Balaban J connectivity index is 1.69. The Morgan fingerprint density at radius 2 is 1.97 bits per heavy atom. The number of hydrogen-bond acceptors (Lipinski definition) is 7. The fourth-order valence-corrected chi connectivity index (χ4v) is 3.08. The Bertz CT molecular complexity index is 1040. The van der Waals surface area contributed by atoms with Crippen LogP contribution in [0.25, 0.3) is 17.0 Å². The van der Waals surface area contributed by atoms with E-state index in [-0.39, 0.29) is 18.2 Å². The number of imidazole rings is 1. The average molecular weight is 411 g/mol. The van der Waals surface area contributed by atoms with Gasteiger partial charge in [-0.15, -0.1) is 9.60 Å². The average Bonchev–Trinajstić information content (AvgIpc) is 3.26. The Morgan fingerprint density at radius 1 is 1.17 bits per heavy atom. The highest BCUT2D eigenvalue weighted by Gasteiger charge is 2.52. The van der Waals surface area contributed by atoms with E-state index >= 15 is 0 Å². The van der Waals surface area contributed by atoms with Gasteiger partial charge in [-0.1, -0.05) is 0 Å². The van der Waals surface area contributed by atoms with E-state index in [1.807, 2.05) is 0 Å². The maximum Gasteiger partial charge on any atom is 0.422 e. The summed E-state index contributed by atoms with van der Waals surface area (Å²) in [5, 5.41) is 13.7. The molecule has 4 rings (SSSR count). The molecule has 0 aliphatic carbocycles. The monoisotopic (exact) mass is 411 g/mol. The molecule has 1 saturated heterocycles. The maximum absolute atomic E-state index is 13.2. The topological polar surface area (TPSA) is 91.5 Å². The summed E-state index contributed by atoms with van der Waals surface area (Å²) in [5.41, 5.74) is -2.70. The fourth-order valence-electron chi connectivity index (χ4n) is 3.08. The molecule has 0 amide bonds. The standard InChI is InChI=1S/C17H17F4N7O/c1-16(29,17(18,19)20)13-9-28-12(5-24-15(28)7-23-13)11-4-22-6-14(26-11)25-10-2-3-27(21)8-10/h4-7,9-10,29H,2-3,8H2,1H3,(H,25,26). The molecule has 154 valence electrons. The summed E-state index contributed by atoms with van der Waals surface area (Å²) >= 11 is 0. The number of nitrogens with one attached hydrogen (secondary N) is 1. The molecule has 12 heteroatoms. The van der Waals surface area contributed by atoms with Crippen LogP contribution in [0.15, 0.2) is 31.0 Å². The SMILES string of the molecule is CC(O)(c1cn2c(-c3cncc(NC4CCN(F)C4)n3)cnc2cn1)C(F)(F)F. The molecule has 29 heavy (non-hydrogen) atoms. The molecular weight excluding hydrogens is 394 g/mol. The van der Waals surface area contributed by atoms with E-state index in [9.17, 15) is 22.8 Å². The first-order valence-corrected chi connectivity index (χ1v) is 8.77. The van der Waals surface area contributed by atoms with Gasteiger partial charge in [0, 0.05) is 25.3 Å². The number of fused-ring (bicyclic) bond motifs is 1. The van der Waals surface area contributed by atoms with Gasteiger partial charge in [0.2, 0.25) is 5.60 Å². The van der Waals surface area contributed by atoms with Crippen LogP contribution in [0.3, 0.4) is 0 Å². The zero-order valence-electron chi connectivity index (χ0n) is 15.2. The largest absolute Gasteiger partial charge is 0.422 e. The number of aromatic nitrogens is 5. The lowest BCUT2D eigenvalue weighted by molar-refractivity contribution is -0.260. The van der Waals surface area contributed by atoms with Crippen molar-refractivity contribution in [3.63, 3.8) is 0 Å². The van der Waals surface area contributed by atoms with E-state index in [1.165, 1.54) is 23.0 Å². The Hall–Kier alpha value is -2.86. The van der Waals surface area contributed by atoms with E-state index in [1.54, 1.807) is 0 Å². The van der Waals surface area contributed by atoms with Crippen molar-refractivity contribution in [1.29, 1.82) is 0 Å². The zero-order chi connectivity index (χ0) is 20.8. The second-order valence-corrected chi connectivity index (χ2v) is 7.00. The summed E-state index contributed by atoms with van der Waals surface area (Å²) < 4.78 is 54.1. The predicted molar refractivity (Wildman–Crippen MR) is 94.3 cm³/mol. The van der Waals surface area contributed by atoms with Gasteiger partial charge in [0.1, 0.15) is 11.5 Å². The highest BCUT2D eigenvalue weighted by Crippen LogP contribution is 2.37. The molecule has 0 spiro atoms. The second-order valence-electron chi connectivity index (χ2n) is 7.00. The molecule has 1 aliphatic rings. The molecule has 0 bridgehead atoms. The minimum absolute atomic E-state index is 0.121. The molecule has 8 nitrogen and oxygen atoms in total.